The molecule has 6 heteroatoms. The van der Waals surface area contributed by atoms with Crippen LogP contribution in [0.4, 0.5) is 0 Å². The Bertz CT molecular complexity index is 444. The predicted molar refractivity (Wildman–Crippen MR) is 65.7 cm³/mol. The van der Waals surface area contributed by atoms with E-state index in [0.29, 0.717) is 38.3 Å². The zero-order chi connectivity index (χ0) is 13.0. The molecular weight excluding hydrogens is 232 g/mol. The lowest BCUT2D eigenvalue weighted by molar-refractivity contribution is -0.120. The van der Waals surface area contributed by atoms with E-state index in [4.69, 9.17) is 5.73 Å². The second-order valence-electron chi connectivity index (χ2n) is 4.15. The molecule has 0 bridgehead atoms. The Balaban J connectivity index is 2.07. The predicted octanol–water partition coefficient (Wildman–Crippen LogP) is -0.498. The van der Waals surface area contributed by atoms with Gasteiger partial charge in [0.2, 0.25) is 5.91 Å². The van der Waals surface area contributed by atoms with Gasteiger partial charge in [0.25, 0.3) is 5.91 Å². The maximum Gasteiger partial charge on any atom is 0.272 e. The zero-order valence-corrected chi connectivity index (χ0v) is 10.1. The van der Waals surface area contributed by atoms with Crippen molar-refractivity contribution in [1.82, 2.24) is 15.2 Å². The topological polar surface area (TPSA) is 88.3 Å². The minimum atomic E-state index is -0.143. The first-order valence-electron chi connectivity index (χ1n) is 5.91. The zero-order valence-electron chi connectivity index (χ0n) is 10.1. The van der Waals surface area contributed by atoms with E-state index in [1.807, 2.05) is 0 Å². The molecule has 2 rings (SSSR count). The van der Waals surface area contributed by atoms with Crippen molar-refractivity contribution in [2.45, 2.75) is 13.0 Å². The number of amides is 2. The number of carbonyl (C=O) groups is 2. The molecule has 96 valence electrons. The van der Waals surface area contributed by atoms with Gasteiger partial charge in [-0.25, -0.2) is 0 Å². The van der Waals surface area contributed by atoms with Crippen LogP contribution in [0, 0.1) is 0 Å². The van der Waals surface area contributed by atoms with Crippen molar-refractivity contribution in [3.63, 3.8) is 0 Å². The highest BCUT2D eigenvalue weighted by atomic mass is 16.2. The number of aromatic nitrogens is 1. The van der Waals surface area contributed by atoms with Crippen molar-refractivity contribution >= 4 is 11.8 Å². The number of rotatable bonds is 2. The lowest BCUT2D eigenvalue weighted by Gasteiger charge is -2.18. The van der Waals surface area contributed by atoms with Crippen molar-refractivity contribution in [1.29, 1.82) is 0 Å². The summed E-state index contributed by atoms with van der Waals surface area (Å²) in [7, 11) is 0. The Kier molecular flexibility index (Phi) is 3.88. The normalized spacial score (nSPS) is 16.1. The molecule has 1 saturated heterocycles. The maximum absolute atomic E-state index is 12.2. The van der Waals surface area contributed by atoms with E-state index in [-0.39, 0.29) is 11.8 Å². The number of carbonyl (C=O) groups excluding carboxylic acids is 2. The minimum absolute atomic E-state index is 0.0169. The van der Waals surface area contributed by atoms with Crippen LogP contribution in [0.1, 0.15) is 22.5 Å². The van der Waals surface area contributed by atoms with Gasteiger partial charge in [0, 0.05) is 38.8 Å². The summed E-state index contributed by atoms with van der Waals surface area (Å²) in [5.41, 5.74) is 6.75. The number of nitrogens with two attached hydrogens (primary N) is 1. The van der Waals surface area contributed by atoms with E-state index < -0.39 is 0 Å². The summed E-state index contributed by atoms with van der Waals surface area (Å²) >= 11 is 0. The molecule has 1 aliphatic heterocycles. The highest BCUT2D eigenvalue weighted by Crippen LogP contribution is 2.06. The lowest BCUT2D eigenvalue weighted by Crippen LogP contribution is -2.34. The number of nitrogens with zero attached hydrogens (tertiary/aromatic N) is 2. The fraction of sp³-hybridized carbons (Fsp3) is 0.417. The van der Waals surface area contributed by atoms with Crippen LogP contribution in [0.2, 0.25) is 0 Å². The Morgan fingerprint density at radius 2 is 2.28 bits per heavy atom. The summed E-state index contributed by atoms with van der Waals surface area (Å²) in [5, 5.41) is 2.73. The van der Waals surface area contributed by atoms with Gasteiger partial charge >= 0.3 is 0 Å². The molecule has 0 radical (unpaired) electrons. The molecule has 1 aromatic heterocycles. The second kappa shape index (κ2) is 5.59. The fourth-order valence-corrected chi connectivity index (χ4v) is 1.80. The van der Waals surface area contributed by atoms with E-state index in [1.165, 1.54) is 0 Å². The van der Waals surface area contributed by atoms with Crippen molar-refractivity contribution < 1.29 is 9.59 Å². The summed E-state index contributed by atoms with van der Waals surface area (Å²) in [6, 6.07) is 3.46. The van der Waals surface area contributed by atoms with Gasteiger partial charge < -0.3 is 16.0 Å². The first kappa shape index (κ1) is 12.5. The third-order valence-electron chi connectivity index (χ3n) is 2.88. The molecule has 1 aliphatic rings. The van der Waals surface area contributed by atoms with E-state index in [1.54, 1.807) is 23.2 Å². The molecular formula is C12H16N4O2. The monoisotopic (exact) mass is 248 g/mol. The average Bonchev–Trinajstić information content (AvgIpc) is 2.63. The third kappa shape index (κ3) is 2.84. The van der Waals surface area contributed by atoms with Crippen molar-refractivity contribution in [3.8, 4) is 0 Å². The highest BCUT2D eigenvalue weighted by molar-refractivity contribution is 5.92. The summed E-state index contributed by atoms with van der Waals surface area (Å²) in [5.74, 6) is -0.160. The second-order valence-corrected chi connectivity index (χ2v) is 4.15. The smallest absolute Gasteiger partial charge is 0.272 e. The molecule has 0 atom stereocenters. The highest BCUT2D eigenvalue weighted by Gasteiger charge is 2.20. The van der Waals surface area contributed by atoms with Gasteiger partial charge in [-0.1, -0.05) is 6.07 Å². The van der Waals surface area contributed by atoms with Crippen LogP contribution >= 0.6 is 0 Å². The van der Waals surface area contributed by atoms with Crippen molar-refractivity contribution in [2.75, 3.05) is 19.6 Å². The lowest BCUT2D eigenvalue weighted by atomic mass is 10.2. The molecule has 2 amide bonds. The third-order valence-corrected chi connectivity index (χ3v) is 2.88. The van der Waals surface area contributed by atoms with Gasteiger partial charge in [-0.15, -0.1) is 0 Å². The molecule has 3 N–H and O–H groups in total. The van der Waals surface area contributed by atoms with Crippen LogP contribution in [0.5, 0.6) is 0 Å². The first-order chi connectivity index (χ1) is 8.70. The number of pyridine rings is 1. The molecule has 0 saturated carbocycles. The van der Waals surface area contributed by atoms with E-state index >= 15 is 0 Å². The molecule has 0 aromatic carbocycles. The quantitative estimate of drug-likeness (QED) is 0.738. The Labute approximate surface area is 105 Å². The van der Waals surface area contributed by atoms with Gasteiger partial charge in [0.05, 0.1) is 0 Å². The van der Waals surface area contributed by atoms with Crippen molar-refractivity contribution in [3.05, 3.63) is 29.6 Å². The summed E-state index contributed by atoms with van der Waals surface area (Å²) in [6.07, 6.45) is 1.95. The van der Waals surface area contributed by atoms with E-state index in [2.05, 4.69) is 10.3 Å². The van der Waals surface area contributed by atoms with E-state index in [0.717, 1.165) is 5.56 Å². The first-order valence-corrected chi connectivity index (χ1v) is 5.91. The molecule has 18 heavy (non-hydrogen) atoms. The summed E-state index contributed by atoms with van der Waals surface area (Å²) < 4.78 is 0. The molecule has 1 fully saturated rings. The van der Waals surface area contributed by atoms with Crippen LogP contribution in [0.25, 0.3) is 0 Å². The maximum atomic E-state index is 12.2. The molecule has 0 aliphatic carbocycles. The molecule has 0 unspecified atom stereocenters. The van der Waals surface area contributed by atoms with E-state index in [9.17, 15) is 9.59 Å². The summed E-state index contributed by atoms with van der Waals surface area (Å²) in [6.45, 7) is 1.85. The van der Waals surface area contributed by atoms with Crippen LogP contribution < -0.4 is 11.1 Å². The molecule has 6 nitrogen and oxygen atoms in total. The largest absolute Gasteiger partial charge is 0.354 e. The average molecular weight is 248 g/mol. The van der Waals surface area contributed by atoms with Gasteiger partial charge in [-0.3, -0.25) is 14.6 Å². The fourth-order valence-electron chi connectivity index (χ4n) is 1.80. The van der Waals surface area contributed by atoms with Gasteiger partial charge in [-0.05, 0) is 11.6 Å². The van der Waals surface area contributed by atoms with Crippen LogP contribution in [0.3, 0.4) is 0 Å². The van der Waals surface area contributed by atoms with Crippen LogP contribution in [-0.4, -0.2) is 41.3 Å². The number of hydrogen-bond donors (Lipinski definition) is 2. The Morgan fingerprint density at radius 3 is 2.94 bits per heavy atom. The van der Waals surface area contributed by atoms with Gasteiger partial charge in [-0.2, -0.15) is 0 Å². The van der Waals surface area contributed by atoms with Gasteiger partial charge in [0.15, 0.2) is 0 Å². The Morgan fingerprint density at radius 1 is 1.44 bits per heavy atom. The number of nitrogens with one attached hydrogen (secondary N) is 1. The minimum Gasteiger partial charge on any atom is -0.354 e. The van der Waals surface area contributed by atoms with Crippen LogP contribution in [-0.2, 0) is 11.3 Å². The SMILES string of the molecule is NCc1ccc(C(=O)N2CCNC(=O)CC2)nc1. The standard InChI is InChI=1S/C12H16N4O2/c13-7-9-1-2-10(15-8-9)12(18)16-5-3-11(17)14-4-6-16/h1-2,8H,3-7,13H2,(H,14,17). The van der Waals surface area contributed by atoms with Crippen molar-refractivity contribution in [2.24, 2.45) is 5.73 Å². The van der Waals surface area contributed by atoms with Crippen LogP contribution in [0.15, 0.2) is 18.3 Å². The molecule has 0 spiro atoms. The number of hydrogen-bond acceptors (Lipinski definition) is 4. The molecule has 2 heterocycles. The van der Waals surface area contributed by atoms with Gasteiger partial charge in [0.1, 0.15) is 5.69 Å². The summed E-state index contributed by atoms with van der Waals surface area (Å²) in [4.78, 5) is 29.1. The Hall–Kier alpha value is -1.95. The molecule has 1 aromatic rings.